The first-order valence-electron chi connectivity index (χ1n) is 3.00. The SMILES string of the molecule is O=C(O[N+](=O)OC(=O)C(Cl)(Cl)Cl)C(Cl)(Cl)Cl. The van der Waals surface area contributed by atoms with E-state index in [-0.39, 0.29) is 0 Å². The molecule has 0 aromatic heterocycles. The quantitative estimate of drug-likeness (QED) is 0.562. The fourth-order valence-corrected chi connectivity index (χ4v) is 0.465. The molecule has 0 aliphatic heterocycles. The third-order valence-electron chi connectivity index (χ3n) is 0.778. The Bertz CT molecular complexity index is 288. The Morgan fingerprint density at radius 2 is 1.06 bits per heavy atom. The maximum atomic E-state index is 10.8. The molecule has 0 heterocycles. The van der Waals surface area contributed by atoms with Crippen LogP contribution in [0, 0.1) is 4.91 Å². The van der Waals surface area contributed by atoms with Gasteiger partial charge in [-0.3, -0.25) is 0 Å². The van der Waals surface area contributed by atoms with Crippen molar-refractivity contribution in [3.05, 3.63) is 4.91 Å². The monoisotopic (exact) mass is 352 g/mol. The highest BCUT2D eigenvalue weighted by Gasteiger charge is 2.44. The van der Waals surface area contributed by atoms with Gasteiger partial charge in [0.15, 0.2) is 0 Å². The minimum Gasteiger partial charge on any atom is -0.239 e. The standard InChI is InChI=1S/C4Cl6NO5/c5-3(6,7)1(12)15-11(14)16-2(13)4(8,9)10/q+1. The van der Waals surface area contributed by atoms with E-state index < -0.39 is 24.6 Å². The first kappa shape index (κ1) is 16.3. The van der Waals surface area contributed by atoms with E-state index in [0.717, 1.165) is 0 Å². The number of nitrogens with zero attached hydrogens (tertiary/aromatic N) is 1. The minimum absolute atomic E-state index is 0.964. The average Bonchev–Trinajstić information content (AvgIpc) is 1.99. The molecule has 92 valence electrons. The van der Waals surface area contributed by atoms with Crippen molar-refractivity contribution < 1.29 is 24.4 Å². The van der Waals surface area contributed by atoms with Crippen molar-refractivity contribution in [2.45, 2.75) is 7.59 Å². The number of hydrogen-bond acceptors (Lipinski definition) is 5. The summed E-state index contributed by atoms with van der Waals surface area (Å²) in [5.74, 6) is -3.21. The molecule has 16 heavy (non-hydrogen) atoms. The molecule has 0 aromatic carbocycles. The minimum atomic E-state index is -2.52. The van der Waals surface area contributed by atoms with E-state index in [2.05, 4.69) is 9.68 Å². The second-order valence-corrected chi connectivity index (χ2v) is 6.54. The fourth-order valence-electron chi connectivity index (χ4n) is 0.258. The number of hydrogen-bond donors (Lipinski definition) is 0. The topological polar surface area (TPSA) is 72.7 Å². The summed E-state index contributed by atoms with van der Waals surface area (Å²) in [6.07, 6.45) is 0. The fraction of sp³-hybridized carbons (Fsp3) is 0.500. The summed E-state index contributed by atoms with van der Waals surface area (Å²) in [5, 5.41) is -0.964. The number of alkyl halides is 6. The van der Waals surface area contributed by atoms with Gasteiger partial charge in [0.2, 0.25) is 0 Å². The van der Waals surface area contributed by atoms with E-state index >= 15 is 0 Å². The van der Waals surface area contributed by atoms with E-state index in [0.29, 0.717) is 0 Å². The van der Waals surface area contributed by atoms with Crippen LogP contribution in [0.25, 0.3) is 0 Å². The van der Waals surface area contributed by atoms with Gasteiger partial charge in [0, 0.05) is 0 Å². The van der Waals surface area contributed by atoms with Crippen LogP contribution in [-0.4, -0.2) is 24.6 Å². The van der Waals surface area contributed by atoms with Gasteiger partial charge in [0.25, 0.3) is 7.59 Å². The zero-order valence-electron chi connectivity index (χ0n) is 6.76. The highest BCUT2D eigenvalue weighted by molar-refractivity contribution is 6.76. The van der Waals surface area contributed by atoms with E-state index in [1.165, 1.54) is 0 Å². The van der Waals surface area contributed by atoms with Crippen LogP contribution in [0.15, 0.2) is 0 Å². The van der Waals surface area contributed by atoms with Crippen molar-refractivity contribution in [2.75, 3.05) is 0 Å². The highest BCUT2D eigenvalue weighted by Crippen LogP contribution is 2.29. The van der Waals surface area contributed by atoms with Gasteiger partial charge in [0.05, 0.1) is 0 Å². The Morgan fingerprint density at radius 1 is 0.812 bits per heavy atom. The Hall–Kier alpha value is 0.280. The zero-order chi connectivity index (χ0) is 13.1. The molecule has 0 atom stereocenters. The van der Waals surface area contributed by atoms with Gasteiger partial charge in [-0.2, -0.15) is 0 Å². The Labute approximate surface area is 118 Å². The van der Waals surface area contributed by atoms with E-state index in [4.69, 9.17) is 69.6 Å². The van der Waals surface area contributed by atoms with Gasteiger partial charge in [-0.05, 0) is 0 Å². The van der Waals surface area contributed by atoms with E-state index in [1.807, 2.05) is 0 Å². The third kappa shape index (κ3) is 6.12. The van der Waals surface area contributed by atoms with Crippen LogP contribution in [0.3, 0.4) is 0 Å². The summed E-state index contributed by atoms with van der Waals surface area (Å²) >= 11 is 30.2. The lowest BCUT2D eigenvalue weighted by Crippen LogP contribution is -2.31. The molecule has 0 aliphatic rings. The lowest BCUT2D eigenvalue weighted by molar-refractivity contribution is -0.945. The van der Waals surface area contributed by atoms with Crippen LogP contribution in [0.5, 0.6) is 0 Å². The summed E-state index contributed by atoms with van der Waals surface area (Å²) in [6.45, 7) is 0. The zero-order valence-corrected chi connectivity index (χ0v) is 11.3. The summed E-state index contributed by atoms with van der Waals surface area (Å²) in [4.78, 5) is 39.6. The van der Waals surface area contributed by atoms with Crippen LogP contribution < -0.4 is 0 Å². The van der Waals surface area contributed by atoms with Gasteiger partial charge < -0.3 is 0 Å². The molecule has 0 fully saturated rings. The van der Waals surface area contributed by atoms with Gasteiger partial charge in [-0.25, -0.2) is 9.59 Å². The summed E-state index contributed by atoms with van der Waals surface area (Å²) in [6, 6.07) is 0. The van der Waals surface area contributed by atoms with E-state index in [1.54, 1.807) is 0 Å². The smallest absolute Gasteiger partial charge is 0.239 e. The van der Waals surface area contributed by atoms with E-state index in [9.17, 15) is 14.5 Å². The Kier molecular flexibility index (Phi) is 5.85. The first-order valence-corrected chi connectivity index (χ1v) is 5.27. The lowest BCUT2D eigenvalue weighted by atomic mass is 10.8. The number of carbonyl (C=O) groups excluding carboxylic acids is 2. The van der Waals surface area contributed by atoms with Crippen LogP contribution in [0.2, 0.25) is 0 Å². The van der Waals surface area contributed by atoms with Gasteiger partial charge in [-0.15, -0.1) is 0 Å². The lowest BCUT2D eigenvalue weighted by Gasteiger charge is -2.03. The highest BCUT2D eigenvalue weighted by atomic mass is 35.6. The normalized spacial score (nSPS) is 11.9. The van der Waals surface area contributed by atoms with Crippen molar-refractivity contribution >= 4 is 81.5 Å². The van der Waals surface area contributed by atoms with Gasteiger partial charge >= 0.3 is 17.0 Å². The Morgan fingerprint density at radius 3 is 1.25 bits per heavy atom. The summed E-state index contributed by atoms with van der Waals surface area (Å²) in [7, 11) is 0. The number of carbonyl (C=O) groups is 2. The van der Waals surface area contributed by atoms with Crippen LogP contribution in [-0.2, 0) is 19.3 Å². The molecule has 0 unspecified atom stereocenters. The van der Waals surface area contributed by atoms with Gasteiger partial charge in [0.1, 0.15) is 4.91 Å². The molecule has 0 aliphatic carbocycles. The van der Waals surface area contributed by atoms with Crippen LogP contribution in [0.4, 0.5) is 0 Å². The first-order chi connectivity index (χ1) is 6.94. The van der Waals surface area contributed by atoms with Gasteiger partial charge in [-0.1, -0.05) is 79.3 Å². The third-order valence-corrected chi connectivity index (χ3v) is 1.70. The predicted molar refractivity (Wildman–Crippen MR) is 56.4 cm³/mol. The maximum Gasteiger partial charge on any atom is 0.495 e. The van der Waals surface area contributed by atoms with Crippen molar-refractivity contribution in [3.8, 4) is 0 Å². The second kappa shape index (κ2) is 5.75. The molecule has 12 heteroatoms. The molecule has 0 bridgehead atoms. The average molecular weight is 355 g/mol. The van der Waals surface area contributed by atoms with Crippen molar-refractivity contribution in [1.29, 1.82) is 0 Å². The van der Waals surface area contributed by atoms with Crippen LogP contribution in [0.1, 0.15) is 0 Å². The Balaban J connectivity index is 4.32. The van der Waals surface area contributed by atoms with Crippen molar-refractivity contribution in [1.82, 2.24) is 0 Å². The molecular formula is C4Cl6NO5+. The molecule has 0 aromatic rings. The van der Waals surface area contributed by atoms with Crippen molar-refractivity contribution in [2.24, 2.45) is 0 Å². The van der Waals surface area contributed by atoms with Crippen molar-refractivity contribution in [3.63, 3.8) is 0 Å². The molecule has 6 nitrogen and oxygen atoms in total. The van der Waals surface area contributed by atoms with Crippen LogP contribution >= 0.6 is 69.6 Å². The molecular weight excluding hydrogens is 355 g/mol. The molecule has 0 saturated heterocycles. The molecule has 0 N–H and O–H groups in total. The molecule has 0 amide bonds. The number of halogens is 6. The number of rotatable bonds is 2. The molecule has 0 saturated carbocycles. The maximum absolute atomic E-state index is 10.8. The largest absolute Gasteiger partial charge is 0.495 e. The molecule has 0 spiro atoms. The predicted octanol–water partition coefficient (Wildman–Crippen LogP) is 2.42. The molecule has 0 radical (unpaired) electrons. The molecule has 0 rings (SSSR count). The second-order valence-electron chi connectivity index (χ2n) is 1.98. The summed E-state index contributed by atoms with van der Waals surface area (Å²) < 4.78 is -5.04. The summed E-state index contributed by atoms with van der Waals surface area (Å²) in [5.41, 5.74) is 0.